The molecule has 1 aromatic heterocycles. The van der Waals surface area contributed by atoms with E-state index >= 15 is 0 Å². The van der Waals surface area contributed by atoms with Crippen molar-refractivity contribution in [3.8, 4) is 10.4 Å². The summed E-state index contributed by atoms with van der Waals surface area (Å²) in [6.07, 6.45) is 0. The van der Waals surface area contributed by atoms with E-state index < -0.39 is 0 Å². The lowest BCUT2D eigenvalue weighted by Gasteiger charge is -2.18. The molecule has 0 fully saturated rings. The van der Waals surface area contributed by atoms with Gasteiger partial charge >= 0.3 is 0 Å². The first-order valence-electron chi connectivity index (χ1n) is 6.56. The van der Waals surface area contributed by atoms with Gasteiger partial charge in [-0.1, -0.05) is 35.8 Å². The summed E-state index contributed by atoms with van der Waals surface area (Å²) in [7, 11) is 2.04. The first-order chi connectivity index (χ1) is 9.02. The SMILES string of the molecule is CNC(c1ccc(-c2ccc(Br)c(C)c2)s1)C(C)C. The van der Waals surface area contributed by atoms with E-state index in [1.54, 1.807) is 0 Å². The zero-order valence-corrected chi connectivity index (χ0v) is 14.2. The van der Waals surface area contributed by atoms with E-state index in [-0.39, 0.29) is 0 Å². The highest BCUT2D eigenvalue weighted by molar-refractivity contribution is 9.10. The van der Waals surface area contributed by atoms with Crippen LogP contribution in [-0.4, -0.2) is 7.05 Å². The molecule has 0 bridgehead atoms. The summed E-state index contributed by atoms with van der Waals surface area (Å²) < 4.78 is 1.17. The fourth-order valence-corrected chi connectivity index (χ4v) is 3.81. The lowest BCUT2D eigenvalue weighted by atomic mass is 10.0. The van der Waals surface area contributed by atoms with E-state index in [0.29, 0.717) is 12.0 Å². The Morgan fingerprint density at radius 1 is 1.16 bits per heavy atom. The molecule has 0 radical (unpaired) electrons. The Balaban J connectivity index is 2.32. The molecule has 1 nitrogen and oxygen atoms in total. The molecule has 102 valence electrons. The van der Waals surface area contributed by atoms with Crippen molar-refractivity contribution in [2.45, 2.75) is 26.8 Å². The maximum Gasteiger partial charge on any atom is 0.0435 e. The van der Waals surface area contributed by atoms with Crippen LogP contribution in [0.15, 0.2) is 34.8 Å². The second kappa shape index (κ2) is 6.21. The molecule has 0 aliphatic heterocycles. The van der Waals surface area contributed by atoms with Crippen molar-refractivity contribution in [2.24, 2.45) is 5.92 Å². The van der Waals surface area contributed by atoms with Crippen molar-refractivity contribution in [3.05, 3.63) is 45.2 Å². The molecule has 1 unspecified atom stereocenters. The number of aryl methyl sites for hydroxylation is 1. The molecular formula is C16H20BrNS. The molecule has 1 N–H and O–H groups in total. The summed E-state index contributed by atoms with van der Waals surface area (Å²) in [6.45, 7) is 6.64. The summed E-state index contributed by atoms with van der Waals surface area (Å²) in [5, 5.41) is 3.41. The maximum atomic E-state index is 3.55. The third kappa shape index (κ3) is 3.28. The Kier molecular flexibility index (Phi) is 4.82. The Bertz CT molecular complexity index is 560. The van der Waals surface area contributed by atoms with E-state index in [1.165, 1.54) is 25.4 Å². The number of nitrogens with one attached hydrogen (secondary N) is 1. The van der Waals surface area contributed by atoms with Crippen molar-refractivity contribution in [2.75, 3.05) is 7.05 Å². The first-order valence-corrected chi connectivity index (χ1v) is 8.17. The second-order valence-corrected chi connectivity index (χ2v) is 7.15. The van der Waals surface area contributed by atoms with Crippen LogP contribution in [0.4, 0.5) is 0 Å². The van der Waals surface area contributed by atoms with Gasteiger partial charge < -0.3 is 5.32 Å². The van der Waals surface area contributed by atoms with E-state index in [1.807, 2.05) is 18.4 Å². The van der Waals surface area contributed by atoms with Crippen LogP contribution in [0, 0.1) is 12.8 Å². The van der Waals surface area contributed by atoms with E-state index in [4.69, 9.17) is 0 Å². The fraction of sp³-hybridized carbons (Fsp3) is 0.375. The van der Waals surface area contributed by atoms with Gasteiger partial charge in [0.25, 0.3) is 0 Å². The monoisotopic (exact) mass is 337 g/mol. The minimum absolute atomic E-state index is 0.440. The number of halogens is 1. The van der Waals surface area contributed by atoms with E-state index in [9.17, 15) is 0 Å². The van der Waals surface area contributed by atoms with Crippen LogP contribution >= 0.6 is 27.3 Å². The van der Waals surface area contributed by atoms with Crippen LogP contribution in [0.5, 0.6) is 0 Å². The Morgan fingerprint density at radius 3 is 2.47 bits per heavy atom. The topological polar surface area (TPSA) is 12.0 Å². The van der Waals surface area contributed by atoms with Crippen molar-refractivity contribution in [1.82, 2.24) is 5.32 Å². The predicted molar refractivity (Wildman–Crippen MR) is 88.8 cm³/mol. The molecule has 3 heteroatoms. The fourth-order valence-electron chi connectivity index (χ4n) is 2.28. The molecule has 0 saturated carbocycles. The number of thiophene rings is 1. The van der Waals surface area contributed by atoms with Crippen LogP contribution in [-0.2, 0) is 0 Å². The van der Waals surface area contributed by atoms with Gasteiger partial charge in [-0.25, -0.2) is 0 Å². The summed E-state index contributed by atoms with van der Waals surface area (Å²) in [5.74, 6) is 0.600. The predicted octanol–water partition coefficient (Wildman–Crippen LogP) is 5.40. The van der Waals surface area contributed by atoms with Gasteiger partial charge in [0, 0.05) is 20.3 Å². The minimum atomic E-state index is 0.440. The summed E-state index contributed by atoms with van der Waals surface area (Å²) in [5.41, 5.74) is 2.58. The molecule has 0 saturated heterocycles. The summed E-state index contributed by atoms with van der Waals surface area (Å²) >= 11 is 5.44. The van der Waals surface area contributed by atoms with E-state index in [2.05, 4.69) is 72.3 Å². The van der Waals surface area contributed by atoms with Crippen LogP contribution in [0.1, 0.15) is 30.3 Å². The molecule has 2 rings (SSSR count). The van der Waals surface area contributed by atoms with Crippen LogP contribution in [0.2, 0.25) is 0 Å². The lowest BCUT2D eigenvalue weighted by Crippen LogP contribution is -2.20. The Labute approximate surface area is 128 Å². The molecule has 1 atom stereocenters. The van der Waals surface area contributed by atoms with Crippen LogP contribution in [0.3, 0.4) is 0 Å². The Hall–Kier alpha value is -0.640. The van der Waals surface area contributed by atoms with E-state index in [0.717, 1.165) is 0 Å². The highest BCUT2D eigenvalue weighted by Crippen LogP contribution is 2.35. The van der Waals surface area contributed by atoms with Crippen LogP contribution in [0.25, 0.3) is 10.4 Å². The molecule has 0 spiro atoms. The third-order valence-electron chi connectivity index (χ3n) is 3.35. The number of rotatable bonds is 4. The third-order valence-corrected chi connectivity index (χ3v) is 5.46. The molecule has 0 aliphatic carbocycles. The second-order valence-electron chi connectivity index (χ2n) is 5.18. The van der Waals surface area contributed by atoms with Crippen molar-refractivity contribution < 1.29 is 0 Å². The van der Waals surface area contributed by atoms with Gasteiger partial charge in [0.1, 0.15) is 0 Å². The summed E-state index contributed by atoms with van der Waals surface area (Å²) in [4.78, 5) is 2.75. The number of benzene rings is 1. The largest absolute Gasteiger partial charge is 0.312 e. The first kappa shape index (κ1) is 14.8. The van der Waals surface area contributed by atoms with Crippen molar-refractivity contribution in [1.29, 1.82) is 0 Å². The van der Waals surface area contributed by atoms with Gasteiger partial charge in [0.15, 0.2) is 0 Å². The maximum absolute atomic E-state index is 3.55. The Morgan fingerprint density at radius 2 is 1.89 bits per heavy atom. The van der Waals surface area contributed by atoms with Gasteiger partial charge in [-0.15, -0.1) is 11.3 Å². The van der Waals surface area contributed by atoms with Gasteiger partial charge in [0.2, 0.25) is 0 Å². The summed E-state index contributed by atoms with van der Waals surface area (Å²) in [6, 6.07) is 11.5. The van der Waals surface area contributed by atoms with Gasteiger partial charge in [-0.05, 0) is 55.3 Å². The normalized spacial score (nSPS) is 12.9. The average molecular weight is 338 g/mol. The molecule has 1 heterocycles. The number of hydrogen-bond acceptors (Lipinski definition) is 2. The molecule has 0 aliphatic rings. The van der Waals surface area contributed by atoms with Gasteiger partial charge in [0.05, 0.1) is 0 Å². The van der Waals surface area contributed by atoms with Gasteiger partial charge in [-0.3, -0.25) is 0 Å². The molecular weight excluding hydrogens is 318 g/mol. The lowest BCUT2D eigenvalue weighted by molar-refractivity contribution is 0.449. The van der Waals surface area contributed by atoms with Crippen LogP contribution < -0.4 is 5.32 Å². The number of hydrogen-bond donors (Lipinski definition) is 1. The zero-order valence-electron chi connectivity index (χ0n) is 11.8. The molecule has 19 heavy (non-hydrogen) atoms. The van der Waals surface area contributed by atoms with Gasteiger partial charge in [-0.2, -0.15) is 0 Å². The standard InChI is InChI=1S/C16H20BrNS/c1-10(2)16(18-4)15-8-7-14(19-15)12-5-6-13(17)11(3)9-12/h5-10,16,18H,1-4H3. The van der Waals surface area contributed by atoms with Crippen molar-refractivity contribution in [3.63, 3.8) is 0 Å². The van der Waals surface area contributed by atoms with Crippen molar-refractivity contribution >= 4 is 27.3 Å². The average Bonchev–Trinajstić information content (AvgIpc) is 2.82. The zero-order chi connectivity index (χ0) is 14.0. The minimum Gasteiger partial charge on any atom is -0.312 e. The highest BCUT2D eigenvalue weighted by atomic mass is 79.9. The quantitative estimate of drug-likeness (QED) is 0.787. The molecule has 1 aromatic carbocycles. The molecule has 0 amide bonds. The highest BCUT2D eigenvalue weighted by Gasteiger charge is 2.16. The smallest absolute Gasteiger partial charge is 0.0435 e. The molecule has 2 aromatic rings.